The van der Waals surface area contributed by atoms with Crippen molar-refractivity contribution in [2.75, 3.05) is 23.4 Å². The number of hydrogen-bond acceptors (Lipinski definition) is 10. The second-order valence-corrected chi connectivity index (χ2v) is 9.55. The molecule has 1 fully saturated rings. The van der Waals surface area contributed by atoms with Crippen LogP contribution in [0.15, 0.2) is 82.1 Å². The lowest BCUT2D eigenvalue weighted by molar-refractivity contribution is -0.167. The van der Waals surface area contributed by atoms with Crippen LogP contribution >= 0.6 is 0 Å². The molecule has 2 heterocycles. The molecule has 0 radical (unpaired) electrons. The Morgan fingerprint density at radius 2 is 1.89 bits per heavy atom. The Morgan fingerprint density at radius 3 is 2.59 bits per heavy atom. The summed E-state index contributed by atoms with van der Waals surface area (Å²) in [6, 6.07) is 18.8. The summed E-state index contributed by atoms with van der Waals surface area (Å²) in [5.41, 5.74) is 1.20. The number of hydrogen-bond donors (Lipinski definition) is 2. The number of rotatable bonds is 9. The third-order valence-corrected chi connectivity index (χ3v) is 6.49. The van der Waals surface area contributed by atoms with Gasteiger partial charge in [-0.15, -0.1) is 0 Å². The van der Waals surface area contributed by atoms with Crippen LogP contribution in [0.3, 0.4) is 0 Å². The number of benzene rings is 3. The monoisotopic (exact) mass is 604 g/mol. The zero-order chi connectivity index (χ0) is 31.2. The molecular weight excluding hydrogens is 579 g/mol. The third kappa shape index (κ3) is 6.87. The molecule has 4 aromatic rings. The van der Waals surface area contributed by atoms with Gasteiger partial charge >= 0.3 is 17.7 Å². The number of H-pyrrole nitrogens is 1. The van der Waals surface area contributed by atoms with E-state index in [0.717, 1.165) is 18.6 Å². The van der Waals surface area contributed by atoms with E-state index in [1.54, 1.807) is 18.2 Å². The van der Waals surface area contributed by atoms with Crippen molar-refractivity contribution < 1.29 is 42.3 Å². The second kappa shape index (κ2) is 13.1. The van der Waals surface area contributed by atoms with Crippen molar-refractivity contribution in [2.24, 2.45) is 0 Å². The van der Waals surface area contributed by atoms with E-state index in [1.807, 2.05) is 30.3 Å². The van der Waals surface area contributed by atoms with Crippen LogP contribution in [0.4, 0.5) is 15.8 Å². The Kier molecular flexibility index (Phi) is 8.90. The number of nitrogens with one attached hydrogen (secondary N) is 2. The maximum absolute atomic E-state index is 14.7. The molecule has 2 amide bonds. The van der Waals surface area contributed by atoms with Crippen molar-refractivity contribution in [1.82, 2.24) is 10.1 Å². The number of esters is 2. The molecule has 44 heavy (non-hydrogen) atoms. The summed E-state index contributed by atoms with van der Waals surface area (Å²) >= 11 is 0. The number of nitrogens with zero attached hydrogens (tertiary/aromatic N) is 2. The van der Waals surface area contributed by atoms with Crippen LogP contribution in [0.2, 0.25) is 0 Å². The number of carbonyl (C=O) groups excluding carboxylic acids is 4. The highest BCUT2D eigenvalue weighted by atomic mass is 19.1. The number of amides is 2. The zero-order valence-corrected chi connectivity index (χ0v) is 23.2. The standard InChI is InChI=1S/C30H25FN4O9/c1-17(36)43-24(27(37)32-20-10-11-22(23(31)15-20)26-33-30(40)44-34-26)25-28(38)35(12-13-41-25)21-9-5-8-19(14-21)29(39)42-16-18-6-3-2-4-7-18/h2-11,14-15,24-25H,12-13,16H2,1H3,(H,32,37)(H,33,34,40)/t24-,25?/m1/s1. The fourth-order valence-electron chi connectivity index (χ4n) is 4.46. The predicted octanol–water partition coefficient (Wildman–Crippen LogP) is 2.83. The molecule has 13 nitrogen and oxygen atoms in total. The maximum atomic E-state index is 14.7. The Hall–Kier alpha value is -5.63. The molecule has 1 aliphatic heterocycles. The molecule has 1 aliphatic rings. The van der Waals surface area contributed by atoms with Crippen molar-refractivity contribution in [3.63, 3.8) is 0 Å². The molecule has 2 atom stereocenters. The van der Waals surface area contributed by atoms with Gasteiger partial charge in [0.15, 0.2) is 11.9 Å². The van der Waals surface area contributed by atoms with Crippen molar-refractivity contribution in [3.8, 4) is 11.4 Å². The minimum absolute atomic E-state index is 0.0244. The van der Waals surface area contributed by atoms with Crippen LogP contribution in [0.1, 0.15) is 22.8 Å². The number of anilines is 2. The van der Waals surface area contributed by atoms with Crippen LogP contribution in [0.25, 0.3) is 11.4 Å². The molecule has 14 heteroatoms. The van der Waals surface area contributed by atoms with E-state index in [9.17, 15) is 28.4 Å². The molecular formula is C30H25FN4O9. The molecule has 1 saturated heterocycles. The van der Waals surface area contributed by atoms with Gasteiger partial charge in [0, 0.05) is 24.8 Å². The summed E-state index contributed by atoms with van der Waals surface area (Å²) in [5, 5.41) is 5.84. The van der Waals surface area contributed by atoms with E-state index in [-0.39, 0.29) is 42.4 Å². The summed E-state index contributed by atoms with van der Waals surface area (Å²) in [4.78, 5) is 66.1. The van der Waals surface area contributed by atoms with Crippen LogP contribution in [-0.2, 0) is 35.2 Å². The first-order valence-electron chi connectivity index (χ1n) is 13.3. The number of morpholine rings is 1. The van der Waals surface area contributed by atoms with Gasteiger partial charge in [-0.3, -0.25) is 23.9 Å². The molecule has 0 aliphatic carbocycles. The lowest BCUT2D eigenvalue weighted by atomic mass is 10.1. The van der Waals surface area contributed by atoms with Crippen LogP contribution in [-0.4, -0.2) is 59.3 Å². The lowest BCUT2D eigenvalue weighted by Gasteiger charge is -2.35. The highest BCUT2D eigenvalue weighted by Crippen LogP contribution is 2.25. The van der Waals surface area contributed by atoms with Crippen LogP contribution in [0, 0.1) is 5.82 Å². The van der Waals surface area contributed by atoms with E-state index in [4.69, 9.17) is 14.2 Å². The molecule has 3 aromatic carbocycles. The van der Waals surface area contributed by atoms with Crippen molar-refractivity contribution in [3.05, 3.63) is 100 Å². The number of halogens is 1. The molecule has 0 bridgehead atoms. The van der Waals surface area contributed by atoms with Gasteiger partial charge in [0.05, 0.1) is 17.7 Å². The Morgan fingerprint density at radius 1 is 1.09 bits per heavy atom. The molecule has 226 valence electrons. The van der Waals surface area contributed by atoms with Gasteiger partial charge < -0.3 is 24.4 Å². The topological polar surface area (TPSA) is 170 Å². The number of carbonyl (C=O) groups is 4. The molecule has 1 unspecified atom stereocenters. The van der Waals surface area contributed by atoms with Gasteiger partial charge in [-0.1, -0.05) is 41.6 Å². The van der Waals surface area contributed by atoms with Crippen molar-refractivity contribution in [1.29, 1.82) is 0 Å². The average Bonchev–Trinajstić information content (AvgIpc) is 3.45. The zero-order valence-electron chi connectivity index (χ0n) is 23.2. The average molecular weight is 605 g/mol. The summed E-state index contributed by atoms with van der Waals surface area (Å²) in [5.74, 6) is -5.00. The summed E-state index contributed by atoms with van der Waals surface area (Å²) < 4.78 is 35.3. The first-order valence-corrected chi connectivity index (χ1v) is 13.3. The fraction of sp³-hybridized carbons (Fsp3) is 0.200. The Bertz CT molecular complexity index is 1750. The van der Waals surface area contributed by atoms with E-state index < -0.39 is 47.5 Å². The normalized spacial score (nSPS) is 15.4. The Balaban J connectivity index is 1.31. The quantitative estimate of drug-likeness (QED) is 0.271. The molecule has 0 spiro atoms. The number of aromatic nitrogens is 2. The van der Waals surface area contributed by atoms with Gasteiger partial charge in [-0.2, -0.15) is 0 Å². The molecule has 1 aromatic heterocycles. The van der Waals surface area contributed by atoms with E-state index >= 15 is 0 Å². The minimum atomic E-state index is -1.74. The first kappa shape index (κ1) is 29.8. The third-order valence-electron chi connectivity index (χ3n) is 6.49. The number of aromatic amines is 1. The van der Waals surface area contributed by atoms with Crippen LogP contribution < -0.4 is 16.0 Å². The van der Waals surface area contributed by atoms with E-state index in [1.165, 1.54) is 23.1 Å². The van der Waals surface area contributed by atoms with Crippen molar-refractivity contribution >= 4 is 35.1 Å². The molecule has 2 N–H and O–H groups in total. The summed E-state index contributed by atoms with van der Waals surface area (Å²) in [7, 11) is 0. The highest BCUT2D eigenvalue weighted by Gasteiger charge is 2.42. The molecule has 5 rings (SSSR count). The Labute approximate surface area is 248 Å². The fourth-order valence-corrected chi connectivity index (χ4v) is 4.46. The summed E-state index contributed by atoms with van der Waals surface area (Å²) in [6.45, 7) is 1.18. The largest absolute Gasteiger partial charge is 0.457 e. The minimum Gasteiger partial charge on any atom is -0.457 e. The summed E-state index contributed by atoms with van der Waals surface area (Å²) in [6.07, 6.45) is -3.29. The predicted molar refractivity (Wildman–Crippen MR) is 151 cm³/mol. The highest BCUT2D eigenvalue weighted by molar-refractivity contribution is 6.05. The lowest BCUT2D eigenvalue weighted by Crippen LogP contribution is -2.56. The SMILES string of the molecule is CC(=O)O[C@@H](C(=O)Nc1ccc(-c2noc(=O)[nH]2)c(F)c1)C1OCCN(c2cccc(C(=O)OCc3ccccc3)c2)C1=O. The van der Waals surface area contributed by atoms with Crippen molar-refractivity contribution in [2.45, 2.75) is 25.7 Å². The van der Waals surface area contributed by atoms with E-state index in [0.29, 0.717) is 5.69 Å². The maximum Gasteiger partial charge on any atom is 0.439 e. The smallest absolute Gasteiger partial charge is 0.439 e. The van der Waals surface area contributed by atoms with Gasteiger partial charge in [-0.25, -0.2) is 14.0 Å². The second-order valence-electron chi connectivity index (χ2n) is 9.55. The molecule has 0 saturated carbocycles. The van der Waals surface area contributed by atoms with Crippen LogP contribution in [0.5, 0.6) is 0 Å². The first-order chi connectivity index (χ1) is 21.2. The van der Waals surface area contributed by atoms with Gasteiger partial charge in [-0.05, 0) is 42.0 Å². The van der Waals surface area contributed by atoms with Gasteiger partial charge in [0.1, 0.15) is 12.4 Å². The van der Waals surface area contributed by atoms with Gasteiger partial charge in [0.25, 0.3) is 11.8 Å². The van der Waals surface area contributed by atoms with E-state index in [2.05, 4.69) is 20.0 Å². The number of ether oxygens (including phenoxy) is 3. The van der Waals surface area contributed by atoms with Gasteiger partial charge in [0.2, 0.25) is 6.10 Å².